The van der Waals surface area contributed by atoms with Crippen molar-refractivity contribution in [2.45, 2.75) is 38.6 Å². The van der Waals surface area contributed by atoms with E-state index in [0.29, 0.717) is 0 Å². The van der Waals surface area contributed by atoms with E-state index in [1.54, 1.807) is 6.08 Å². The van der Waals surface area contributed by atoms with E-state index in [-0.39, 0.29) is 24.9 Å². The molecule has 76 valence electrons. The number of aliphatic hydroxyl groups excluding tert-OH is 1. The molecule has 13 heavy (non-hydrogen) atoms. The second kappa shape index (κ2) is 5.37. The molecule has 0 bridgehead atoms. The summed E-state index contributed by atoms with van der Waals surface area (Å²) in [6.07, 6.45) is 5.09. The highest BCUT2D eigenvalue weighted by atomic mass is 16.6. The van der Waals surface area contributed by atoms with Gasteiger partial charge in [0.05, 0.1) is 25.4 Å². The van der Waals surface area contributed by atoms with Gasteiger partial charge in [0.25, 0.3) is 0 Å². The van der Waals surface area contributed by atoms with E-state index in [0.717, 1.165) is 13.0 Å². The van der Waals surface area contributed by atoms with Gasteiger partial charge in [0.15, 0.2) is 0 Å². The lowest BCUT2D eigenvalue weighted by Gasteiger charge is -2.16. The van der Waals surface area contributed by atoms with Crippen molar-refractivity contribution in [1.29, 1.82) is 0 Å². The van der Waals surface area contributed by atoms with Crippen molar-refractivity contribution >= 4 is 0 Å². The molecule has 3 nitrogen and oxygen atoms in total. The highest BCUT2D eigenvalue weighted by molar-refractivity contribution is 4.90. The lowest BCUT2D eigenvalue weighted by atomic mass is 10.2. The van der Waals surface area contributed by atoms with Crippen LogP contribution >= 0.6 is 0 Å². The normalized spacial score (nSPS) is 26.2. The molecule has 0 saturated carbocycles. The van der Waals surface area contributed by atoms with Gasteiger partial charge in [-0.1, -0.05) is 19.1 Å². The van der Waals surface area contributed by atoms with Gasteiger partial charge in [-0.15, -0.1) is 0 Å². The van der Waals surface area contributed by atoms with Crippen molar-refractivity contribution in [2.75, 3.05) is 13.2 Å². The van der Waals surface area contributed by atoms with Crippen molar-refractivity contribution in [3.63, 3.8) is 0 Å². The Labute approximate surface area is 79.3 Å². The van der Waals surface area contributed by atoms with Crippen LogP contribution in [-0.2, 0) is 9.47 Å². The van der Waals surface area contributed by atoms with Crippen LogP contribution in [0.4, 0.5) is 0 Å². The van der Waals surface area contributed by atoms with E-state index < -0.39 is 0 Å². The molecule has 1 unspecified atom stereocenters. The van der Waals surface area contributed by atoms with Crippen LogP contribution in [0.15, 0.2) is 12.2 Å². The monoisotopic (exact) mass is 186 g/mol. The Morgan fingerprint density at radius 2 is 2.38 bits per heavy atom. The molecular weight excluding hydrogens is 168 g/mol. The van der Waals surface area contributed by atoms with Gasteiger partial charge in [-0.2, -0.15) is 0 Å². The molecule has 3 heteroatoms. The molecule has 0 spiro atoms. The highest BCUT2D eigenvalue weighted by Gasteiger charge is 2.31. The minimum Gasteiger partial charge on any atom is -0.392 e. The largest absolute Gasteiger partial charge is 0.392 e. The SMILES string of the molecule is CCC(/C=C\CO)O[C@H](C)[C@@H]1CO1. The summed E-state index contributed by atoms with van der Waals surface area (Å²) in [5.41, 5.74) is 0. The average Bonchev–Trinajstić information content (AvgIpc) is 2.94. The summed E-state index contributed by atoms with van der Waals surface area (Å²) in [5, 5.41) is 8.60. The standard InChI is InChI=1S/C10H18O3/c1-3-9(5-4-6-11)13-8(2)10-7-12-10/h4-5,8-11H,3,6-7H2,1-2H3/b5-4-/t8-,9?,10+/m1/s1. The molecule has 0 aromatic carbocycles. The second-order valence-electron chi connectivity index (χ2n) is 3.27. The zero-order valence-electron chi connectivity index (χ0n) is 8.27. The fourth-order valence-electron chi connectivity index (χ4n) is 1.18. The summed E-state index contributed by atoms with van der Waals surface area (Å²) in [6.45, 7) is 4.98. The van der Waals surface area contributed by atoms with E-state index in [1.807, 2.05) is 13.0 Å². The van der Waals surface area contributed by atoms with Crippen LogP contribution in [0.5, 0.6) is 0 Å². The number of rotatable bonds is 6. The van der Waals surface area contributed by atoms with Crippen molar-refractivity contribution in [3.8, 4) is 0 Å². The number of epoxide rings is 1. The minimum absolute atomic E-state index is 0.0775. The summed E-state index contributed by atoms with van der Waals surface area (Å²) >= 11 is 0. The lowest BCUT2D eigenvalue weighted by molar-refractivity contribution is 0.00681. The molecule has 1 aliphatic heterocycles. The molecule has 1 N–H and O–H groups in total. The number of hydrogen-bond donors (Lipinski definition) is 1. The maximum atomic E-state index is 8.60. The van der Waals surface area contributed by atoms with E-state index in [4.69, 9.17) is 14.6 Å². The van der Waals surface area contributed by atoms with Gasteiger partial charge in [-0.25, -0.2) is 0 Å². The number of hydrogen-bond acceptors (Lipinski definition) is 3. The topological polar surface area (TPSA) is 42.0 Å². The van der Waals surface area contributed by atoms with Gasteiger partial charge in [-0.3, -0.25) is 0 Å². The minimum atomic E-state index is 0.0775. The Balaban J connectivity index is 2.24. The molecule has 1 aliphatic rings. The maximum absolute atomic E-state index is 8.60. The van der Waals surface area contributed by atoms with E-state index in [9.17, 15) is 0 Å². The lowest BCUT2D eigenvalue weighted by Crippen LogP contribution is -2.22. The first-order valence-electron chi connectivity index (χ1n) is 4.82. The molecule has 0 aromatic rings. The van der Waals surface area contributed by atoms with Crippen LogP contribution in [0.25, 0.3) is 0 Å². The molecule has 1 saturated heterocycles. The number of ether oxygens (including phenoxy) is 2. The fraction of sp³-hybridized carbons (Fsp3) is 0.800. The van der Waals surface area contributed by atoms with Crippen LogP contribution in [0.3, 0.4) is 0 Å². The summed E-state index contributed by atoms with van der Waals surface area (Å²) in [4.78, 5) is 0. The summed E-state index contributed by atoms with van der Waals surface area (Å²) in [7, 11) is 0. The van der Waals surface area contributed by atoms with Crippen LogP contribution in [0.1, 0.15) is 20.3 Å². The highest BCUT2D eigenvalue weighted by Crippen LogP contribution is 2.18. The first-order valence-corrected chi connectivity index (χ1v) is 4.82. The third-order valence-corrected chi connectivity index (χ3v) is 2.13. The Morgan fingerprint density at radius 3 is 2.85 bits per heavy atom. The molecule has 3 atom stereocenters. The molecule has 0 aliphatic carbocycles. The van der Waals surface area contributed by atoms with Crippen molar-refractivity contribution in [2.24, 2.45) is 0 Å². The molecular formula is C10H18O3. The maximum Gasteiger partial charge on any atom is 0.107 e. The van der Waals surface area contributed by atoms with Crippen molar-refractivity contribution in [1.82, 2.24) is 0 Å². The Bertz CT molecular complexity index is 164. The average molecular weight is 186 g/mol. The van der Waals surface area contributed by atoms with Crippen molar-refractivity contribution < 1.29 is 14.6 Å². The van der Waals surface area contributed by atoms with Crippen LogP contribution in [-0.4, -0.2) is 36.6 Å². The van der Waals surface area contributed by atoms with Crippen LogP contribution < -0.4 is 0 Å². The van der Waals surface area contributed by atoms with Gasteiger partial charge in [0.1, 0.15) is 6.10 Å². The van der Waals surface area contributed by atoms with E-state index in [1.165, 1.54) is 0 Å². The smallest absolute Gasteiger partial charge is 0.107 e. The first-order chi connectivity index (χ1) is 6.27. The zero-order valence-corrected chi connectivity index (χ0v) is 8.27. The molecule has 1 heterocycles. The Morgan fingerprint density at radius 1 is 1.69 bits per heavy atom. The molecule has 1 fully saturated rings. The molecule has 0 radical (unpaired) electrons. The van der Waals surface area contributed by atoms with E-state index >= 15 is 0 Å². The van der Waals surface area contributed by atoms with Crippen LogP contribution in [0, 0.1) is 0 Å². The predicted octanol–water partition coefficient (Wildman–Crippen LogP) is 1.12. The van der Waals surface area contributed by atoms with Gasteiger partial charge in [0, 0.05) is 0 Å². The molecule has 1 rings (SSSR count). The first kappa shape index (κ1) is 10.7. The molecule has 0 aromatic heterocycles. The Kier molecular flexibility index (Phi) is 4.42. The summed E-state index contributed by atoms with van der Waals surface area (Å²) < 4.78 is 10.8. The second-order valence-corrected chi connectivity index (χ2v) is 3.27. The summed E-state index contributed by atoms with van der Waals surface area (Å²) in [6, 6.07) is 0. The van der Waals surface area contributed by atoms with Gasteiger partial charge in [-0.05, 0) is 13.3 Å². The quantitative estimate of drug-likeness (QED) is 0.499. The predicted molar refractivity (Wildman–Crippen MR) is 50.6 cm³/mol. The van der Waals surface area contributed by atoms with E-state index in [2.05, 4.69) is 6.92 Å². The third-order valence-electron chi connectivity index (χ3n) is 2.13. The van der Waals surface area contributed by atoms with Crippen LogP contribution in [0.2, 0.25) is 0 Å². The third kappa shape index (κ3) is 3.89. The summed E-state index contributed by atoms with van der Waals surface area (Å²) in [5.74, 6) is 0. The van der Waals surface area contributed by atoms with Gasteiger partial charge >= 0.3 is 0 Å². The van der Waals surface area contributed by atoms with Crippen molar-refractivity contribution in [3.05, 3.63) is 12.2 Å². The van der Waals surface area contributed by atoms with Gasteiger partial charge < -0.3 is 14.6 Å². The fourth-order valence-corrected chi connectivity index (χ4v) is 1.18. The molecule has 0 amide bonds. The zero-order chi connectivity index (χ0) is 9.68. The van der Waals surface area contributed by atoms with Gasteiger partial charge in [0.2, 0.25) is 0 Å². The Hall–Kier alpha value is -0.380. The number of aliphatic hydroxyl groups is 1.